The summed E-state index contributed by atoms with van der Waals surface area (Å²) >= 11 is 12.4. The number of amides is 1. The smallest absolute Gasteiger partial charge is 0.296 e. The Morgan fingerprint density at radius 2 is 1.85 bits per heavy atom. The molecule has 6 nitrogen and oxygen atoms in total. The Balaban J connectivity index is 1.88. The predicted octanol–water partition coefficient (Wildman–Crippen LogP) is 5.41. The predicted molar refractivity (Wildman–Crippen MR) is 126 cm³/mol. The van der Waals surface area contributed by atoms with Crippen molar-refractivity contribution in [3.05, 3.63) is 99.3 Å². The number of carbonyl (C=O) groups is 2. The van der Waals surface area contributed by atoms with E-state index in [1.165, 1.54) is 4.90 Å². The van der Waals surface area contributed by atoms with Gasteiger partial charge in [0, 0.05) is 16.8 Å². The summed E-state index contributed by atoms with van der Waals surface area (Å²) in [5.41, 5.74) is 1.37. The number of carbonyl (C=O) groups excluding carboxylic acids is 2. The molecule has 1 unspecified atom stereocenters. The topological polar surface area (TPSA) is 79.7 Å². The van der Waals surface area contributed by atoms with Gasteiger partial charge in [-0.15, -0.1) is 0 Å². The summed E-state index contributed by atoms with van der Waals surface area (Å²) in [5, 5.41) is 12.0. The van der Waals surface area contributed by atoms with Gasteiger partial charge in [0.15, 0.2) is 0 Å². The first-order valence-electron chi connectivity index (χ1n) is 10.3. The van der Waals surface area contributed by atoms with Crippen LogP contribution in [0.5, 0.6) is 5.75 Å². The van der Waals surface area contributed by atoms with Crippen molar-refractivity contribution in [3.8, 4) is 5.75 Å². The minimum absolute atomic E-state index is 0.0613. The molecule has 8 heteroatoms. The Kier molecular flexibility index (Phi) is 6.67. The molecule has 1 aromatic heterocycles. The lowest BCUT2D eigenvalue weighted by molar-refractivity contribution is -0.140. The summed E-state index contributed by atoms with van der Waals surface area (Å²) in [6, 6.07) is 16.0. The van der Waals surface area contributed by atoms with Crippen molar-refractivity contribution in [3.63, 3.8) is 0 Å². The number of hydrogen-bond acceptors (Lipinski definition) is 5. The van der Waals surface area contributed by atoms with Gasteiger partial charge in [-0.1, -0.05) is 41.4 Å². The van der Waals surface area contributed by atoms with Crippen molar-refractivity contribution in [1.82, 2.24) is 9.88 Å². The highest BCUT2D eigenvalue weighted by atomic mass is 35.5. The molecular weight excluding hydrogens is 463 g/mol. The molecule has 168 valence electrons. The number of aliphatic hydroxyl groups is 1. The highest BCUT2D eigenvalue weighted by Gasteiger charge is 2.46. The zero-order chi connectivity index (χ0) is 23.5. The number of Topliss-reactive ketones (excluding diaryl/α,β-unsaturated/α-hetero) is 1. The Hall–Kier alpha value is -3.35. The lowest BCUT2D eigenvalue weighted by Gasteiger charge is -2.25. The molecule has 0 bridgehead atoms. The number of rotatable bonds is 6. The van der Waals surface area contributed by atoms with Crippen LogP contribution in [-0.4, -0.2) is 33.3 Å². The van der Waals surface area contributed by atoms with Crippen LogP contribution in [0.3, 0.4) is 0 Å². The van der Waals surface area contributed by atoms with Crippen LogP contribution in [0, 0.1) is 0 Å². The molecule has 2 heterocycles. The Morgan fingerprint density at radius 3 is 2.52 bits per heavy atom. The number of aliphatic hydroxyl groups excluding tert-OH is 1. The number of ketones is 1. The van der Waals surface area contributed by atoms with Crippen molar-refractivity contribution in [2.45, 2.75) is 19.5 Å². The summed E-state index contributed by atoms with van der Waals surface area (Å²) in [6.07, 6.45) is 1.61. The van der Waals surface area contributed by atoms with Crippen LogP contribution in [0.4, 0.5) is 0 Å². The maximum Gasteiger partial charge on any atom is 0.296 e. The third kappa shape index (κ3) is 4.58. The maximum atomic E-state index is 13.2. The summed E-state index contributed by atoms with van der Waals surface area (Å²) in [4.78, 5) is 31.9. The quantitative estimate of drug-likeness (QED) is 0.288. The van der Waals surface area contributed by atoms with Crippen molar-refractivity contribution < 1.29 is 19.4 Å². The number of ether oxygens (including phenoxy) is 1. The van der Waals surface area contributed by atoms with Gasteiger partial charge in [-0.05, 0) is 55.0 Å². The zero-order valence-electron chi connectivity index (χ0n) is 17.7. The van der Waals surface area contributed by atoms with Gasteiger partial charge >= 0.3 is 0 Å². The minimum atomic E-state index is -0.851. The van der Waals surface area contributed by atoms with Crippen LogP contribution in [0.25, 0.3) is 5.76 Å². The van der Waals surface area contributed by atoms with Crippen LogP contribution in [0.2, 0.25) is 10.0 Å². The van der Waals surface area contributed by atoms with E-state index >= 15 is 0 Å². The van der Waals surface area contributed by atoms with E-state index in [-0.39, 0.29) is 28.5 Å². The standard InChI is InChI=1S/C25H20Cl2N2O4/c1-2-33-18-10-11-20(27)19(13-18)23(30)21-22(15-6-8-16(26)9-7-15)29(25(32)24(21)31)14-17-5-3-4-12-28-17/h3-13,22,30H,2,14H2,1H3/b23-21+. The van der Waals surface area contributed by atoms with Gasteiger partial charge in [0.25, 0.3) is 11.7 Å². The number of halogens is 2. The molecular formula is C25H20Cl2N2O4. The number of pyridine rings is 1. The fourth-order valence-electron chi connectivity index (χ4n) is 3.79. The zero-order valence-corrected chi connectivity index (χ0v) is 19.2. The lowest BCUT2D eigenvalue weighted by atomic mass is 9.95. The van der Waals surface area contributed by atoms with E-state index in [1.54, 1.807) is 66.9 Å². The van der Waals surface area contributed by atoms with Crippen molar-refractivity contribution in [1.29, 1.82) is 0 Å². The van der Waals surface area contributed by atoms with Gasteiger partial charge < -0.3 is 14.7 Å². The SMILES string of the molecule is CCOc1ccc(Cl)c(/C(O)=C2\C(=O)C(=O)N(Cc3ccccn3)C2c2ccc(Cl)cc2)c1. The fraction of sp³-hybridized carbons (Fsp3) is 0.160. The largest absolute Gasteiger partial charge is 0.507 e. The van der Waals surface area contributed by atoms with E-state index in [1.807, 2.05) is 6.92 Å². The molecule has 33 heavy (non-hydrogen) atoms. The number of aromatic nitrogens is 1. The van der Waals surface area contributed by atoms with Gasteiger partial charge in [0.2, 0.25) is 0 Å². The fourth-order valence-corrected chi connectivity index (χ4v) is 4.12. The van der Waals surface area contributed by atoms with Crippen LogP contribution in [0.1, 0.15) is 29.8 Å². The van der Waals surface area contributed by atoms with Gasteiger partial charge in [0.05, 0.1) is 35.5 Å². The van der Waals surface area contributed by atoms with Gasteiger partial charge in [-0.25, -0.2) is 0 Å². The van der Waals surface area contributed by atoms with Crippen molar-refractivity contribution in [2.24, 2.45) is 0 Å². The normalized spacial score (nSPS) is 17.4. The second-order valence-corrected chi connectivity index (χ2v) is 8.22. The Labute approximate surface area is 201 Å². The molecule has 3 aromatic rings. The molecule has 1 saturated heterocycles. The highest BCUT2D eigenvalue weighted by molar-refractivity contribution is 6.47. The molecule has 1 aliphatic rings. The van der Waals surface area contributed by atoms with Gasteiger partial charge in [0.1, 0.15) is 11.5 Å². The summed E-state index contributed by atoms with van der Waals surface area (Å²) < 4.78 is 5.51. The van der Waals surface area contributed by atoms with E-state index in [4.69, 9.17) is 27.9 Å². The average Bonchev–Trinajstić information content (AvgIpc) is 3.06. The second-order valence-electron chi connectivity index (χ2n) is 7.37. The van der Waals surface area contributed by atoms with Crippen LogP contribution in [-0.2, 0) is 16.1 Å². The molecule has 0 saturated carbocycles. The van der Waals surface area contributed by atoms with E-state index in [2.05, 4.69) is 4.98 Å². The first-order chi connectivity index (χ1) is 15.9. The molecule has 4 rings (SSSR count). The van der Waals surface area contributed by atoms with Crippen LogP contribution < -0.4 is 4.74 Å². The first kappa shape index (κ1) is 22.8. The number of hydrogen-bond donors (Lipinski definition) is 1. The van der Waals surface area contributed by atoms with Gasteiger partial charge in [-0.2, -0.15) is 0 Å². The van der Waals surface area contributed by atoms with Gasteiger partial charge in [-0.3, -0.25) is 14.6 Å². The van der Waals surface area contributed by atoms with E-state index < -0.39 is 17.7 Å². The Morgan fingerprint density at radius 1 is 1.09 bits per heavy atom. The van der Waals surface area contributed by atoms with Crippen molar-refractivity contribution in [2.75, 3.05) is 6.61 Å². The second kappa shape index (κ2) is 9.65. The molecule has 1 N–H and O–H groups in total. The molecule has 0 radical (unpaired) electrons. The molecule has 2 aromatic carbocycles. The summed E-state index contributed by atoms with van der Waals surface area (Å²) in [7, 11) is 0. The number of benzene rings is 2. The molecule has 1 fully saturated rings. The highest BCUT2D eigenvalue weighted by Crippen LogP contribution is 2.42. The lowest BCUT2D eigenvalue weighted by Crippen LogP contribution is -2.29. The van der Waals surface area contributed by atoms with E-state index in [0.717, 1.165) is 0 Å². The molecule has 0 spiro atoms. The summed E-state index contributed by atoms with van der Waals surface area (Å²) in [5.74, 6) is -1.43. The minimum Gasteiger partial charge on any atom is -0.507 e. The average molecular weight is 483 g/mol. The third-order valence-corrected chi connectivity index (χ3v) is 5.87. The van der Waals surface area contributed by atoms with Crippen LogP contribution in [0.15, 0.2) is 72.4 Å². The maximum absolute atomic E-state index is 13.2. The van der Waals surface area contributed by atoms with E-state index in [0.29, 0.717) is 28.6 Å². The Bertz CT molecular complexity index is 1230. The third-order valence-electron chi connectivity index (χ3n) is 5.29. The monoisotopic (exact) mass is 482 g/mol. The number of likely N-dealkylation sites (tertiary alicyclic amines) is 1. The number of nitrogens with zero attached hydrogens (tertiary/aromatic N) is 2. The summed E-state index contributed by atoms with van der Waals surface area (Å²) in [6.45, 7) is 2.33. The first-order valence-corrected chi connectivity index (χ1v) is 11.0. The van der Waals surface area contributed by atoms with Crippen LogP contribution >= 0.6 is 23.2 Å². The molecule has 1 amide bonds. The van der Waals surface area contributed by atoms with E-state index in [9.17, 15) is 14.7 Å². The molecule has 1 aliphatic heterocycles. The van der Waals surface area contributed by atoms with Crippen molar-refractivity contribution >= 4 is 40.7 Å². The molecule has 1 atom stereocenters. The molecule has 0 aliphatic carbocycles.